The second kappa shape index (κ2) is 4.43. The number of aromatic nitrogens is 3. The normalized spacial score (nSPS) is 21.2. The van der Waals surface area contributed by atoms with Crippen LogP contribution in [0.1, 0.15) is 37.1 Å². The first kappa shape index (κ1) is 12.3. The van der Waals surface area contributed by atoms with Gasteiger partial charge in [-0.05, 0) is 25.0 Å². The number of H-pyrrole nitrogens is 1. The van der Waals surface area contributed by atoms with Gasteiger partial charge in [-0.15, -0.1) is 0 Å². The number of pyridine rings is 1. The van der Waals surface area contributed by atoms with E-state index in [1.807, 2.05) is 0 Å². The molecule has 1 fully saturated rings. The molecule has 1 aliphatic carbocycles. The third kappa shape index (κ3) is 1.77. The van der Waals surface area contributed by atoms with Gasteiger partial charge in [-0.1, -0.05) is 18.9 Å². The van der Waals surface area contributed by atoms with E-state index < -0.39 is 11.2 Å². The zero-order valence-corrected chi connectivity index (χ0v) is 10.6. The Bertz CT molecular complexity index is 535. The van der Waals surface area contributed by atoms with E-state index in [0.29, 0.717) is 24.2 Å². The van der Waals surface area contributed by atoms with Gasteiger partial charge in [0.15, 0.2) is 5.60 Å². The summed E-state index contributed by atoms with van der Waals surface area (Å²) in [6, 6.07) is 5.32. The molecule has 0 bridgehead atoms. The van der Waals surface area contributed by atoms with E-state index in [0.717, 1.165) is 12.8 Å². The Kier molecular flexibility index (Phi) is 2.88. The number of aliphatic hydroxyl groups is 2. The van der Waals surface area contributed by atoms with E-state index in [1.54, 1.807) is 30.6 Å². The maximum atomic E-state index is 11.2. The van der Waals surface area contributed by atoms with Gasteiger partial charge in [0.25, 0.3) is 0 Å². The number of imidazole rings is 1. The molecule has 5 heteroatoms. The van der Waals surface area contributed by atoms with Gasteiger partial charge in [-0.25, -0.2) is 4.98 Å². The predicted octanol–water partition coefficient (Wildman–Crippen LogP) is 1.35. The number of hydrogen-bond acceptors (Lipinski definition) is 4. The standard InChI is InChI=1S/C14H17N3O2/c18-13(6-2-3-7-13)14(19,12-9-15-10-17-12)11-5-1-4-8-16-11/h1,4-5,8-10,18-19H,2-3,6-7H2,(H,15,17). The van der Waals surface area contributed by atoms with Crippen molar-refractivity contribution in [1.82, 2.24) is 15.0 Å². The largest absolute Gasteiger partial charge is 0.386 e. The zero-order valence-electron chi connectivity index (χ0n) is 10.6. The molecule has 100 valence electrons. The van der Waals surface area contributed by atoms with Crippen molar-refractivity contribution in [3.63, 3.8) is 0 Å². The second-order valence-corrected chi connectivity index (χ2v) is 5.12. The van der Waals surface area contributed by atoms with Crippen LogP contribution in [0.4, 0.5) is 0 Å². The Morgan fingerprint density at radius 3 is 2.53 bits per heavy atom. The molecule has 3 N–H and O–H groups in total. The molecular weight excluding hydrogens is 242 g/mol. The van der Waals surface area contributed by atoms with Crippen LogP contribution < -0.4 is 0 Å². The third-order valence-corrected chi connectivity index (χ3v) is 4.01. The molecule has 3 rings (SSSR count). The highest BCUT2D eigenvalue weighted by atomic mass is 16.4. The SMILES string of the molecule is OC1(C(O)(c2ccccn2)c2c[nH]cn2)CCCC1. The Morgan fingerprint density at radius 1 is 1.16 bits per heavy atom. The second-order valence-electron chi connectivity index (χ2n) is 5.12. The quantitative estimate of drug-likeness (QED) is 0.777. The first-order valence-electron chi connectivity index (χ1n) is 6.52. The highest BCUT2D eigenvalue weighted by Gasteiger charge is 2.55. The Balaban J connectivity index is 2.16. The lowest BCUT2D eigenvalue weighted by molar-refractivity contribution is -0.133. The van der Waals surface area contributed by atoms with Gasteiger partial charge in [0.1, 0.15) is 5.60 Å². The first-order valence-corrected chi connectivity index (χ1v) is 6.52. The lowest BCUT2D eigenvalue weighted by Gasteiger charge is -2.39. The summed E-state index contributed by atoms with van der Waals surface area (Å²) in [6.45, 7) is 0. The lowest BCUT2D eigenvalue weighted by atomic mass is 9.76. The van der Waals surface area contributed by atoms with E-state index in [2.05, 4.69) is 15.0 Å². The van der Waals surface area contributed by atoms with Crippen molar-refractivity contribution in [3.05, 3.63) is 48.3 Å². The Morgan fingerprint density at radius 2 is 1.95 bits per heavy atom. The summed E-state index contributed by atoms with van der Waals surface area (Å²) in [7, 11) is 0. The number of rotatable bonds is 3. The average Bonchev–Trinajstić information content (AvgIpc) is 3.11. The fraction of sp³-hybridized carbons (Fsp3) is 0.429. The molecule has 1 unspecified atom stereocenters. The van der Waals surface area contributed by atoms with Gasteiger partial charge in [0.05, 0.1) is 17.7 Å². The van der Waals surface area contributed by atoms with E-state index >= 15 is 0 Å². The molecule has 0 amide bonds. The molecule has 2 aromatic heterocycles. The lowest BCUT2D eigenvalue weighted by Crippen LogP contribution is -2.51. The summed E-state index contributed by atoms with van der Waals surface area (Å²) in [4.78, 5) is 11.2. The number of hydrogen-bond donors (Lipinski definition) is 3. The van der Waals surface area contributed by atoms with Gasteiger partial charge in [0.2, 0.25) is 0 Å². The van der Waals surface area contributed by atoms with Crippen molar-refractivity contribution >= 4 is 0 Å². The van der Waals surface area contributed by atoms with Gasteiger partial charge >= 0.3 is 0 Å². The van der Waals surface area contributed by atoms with E-state index in [4.69, 9.17) is 0 Å². The van der Waals surface area contributed by atoms with Crippen LogP contribution >= 0.6 is 0 Å². The zero-order chi connectivity index (χ0) is 13.3. The highest BCUT2D eigenvalue weighted by molar-refractivity contribution is 5.31. The minimum absolute atomic E-state index is 0.413. The minimum Gasteiger partial charge on any atom is -0.386 e. The first-order chi connectivity index (χ1) is 9.17. The number of aromatic amines is 1. The third-order valence-electron chi connectivity index (χ3n) is 4.01. The van der Waals surface area contributed by atoms with E-state index in [1.165, 1.54) is 6.33 Å². The van der Waals surface area contributed by atoms with Crippen molar-refractivity contribution in [3.8, 4) is 0 Å². The van der Waals surface area contributed by atoms with Crippen LogP contribution in [0.3, 0.4) is 0 Å². The van der Waals surface area contributed by atoms with Crippen LogP contribution in [0.5, 0.6) is 0 Å². The molecule has 2 aromatic rings. The summed E-state index contributed by atoms with van der Waals surface area (Å²) < 4.78 is 0. The van der Waals surface area contributed by atoms with Gasteiger partial charge < -0.3 is 15.2 Å². The molecule has 19 heavy (non-hydrogen) atoms. The smallest absolute Gasteiger partial charge is 0.178 e. The van der Waals surface area contributed by atoms with Gasteiger partial charge in [-0.2, -0.15) is 0 Å². The highest BCUT2D eigenvalue weighted by Crippen LogP contribution is 2.46. The van der Waals surface area contributed by atoms with Gasteiger partial charge in [0, 0.05) is 12.4 Å². The summed E-state index contributed by atoms with van der Waals surface area (Å²) in [5.74, 6) is 0. The summed E-state index contributed by atoms with van der Waals surface area (Å²) in [6.07, 6.45) is 7.63. The maximum absolute atomic E-state index is 11.2. The van der Waals surface area contributed by atoms with Crippen LogP contribution in [-0.2, 0) is 5.60 Å². The molecule has 1 atom stereocenters. The predicted molar refractivity (Wildman–Crippen MR) is 69.2 cm³/mol. The molecule has 0 aromatic carbocycles. The molecule has 5 nitrogen and oxygen atoms in total. The van der Waals surface area contributed by atoms with Crippen molar-refractivity contribution < 1.29 is 10.2 Å². The van der Waals surface area contributed by atoms with E-state index in [-0.39, 0.29) is 0 Å². The Hall–Kier alpha value is -1.72. The summed E-state index contributed by atoms with van der Waals surface area (Å²) in [5.41, 5.74) is -1.93. The van der Waals surface area contributed by atoms with Crippen LogP contribution in [-0.4, -0.2) is 30.8 Å². The van der Waals surface area contributed by atoms with Crippen LogP contribution in [0.2, 0.25) is 0 Å². The van der Waals surface area contributed by atoms with E-state index in [9.17, 15) is 10.2 Å². The van der Waals surface area contributed by atoms with Crippen molar-refractivity contribution in [2.45, 2.75) is 36.9 Å². The summed E-state index contributed by atoms with van der Waals surface area (Å²) >= 11 is 0. The fourth-order valence-corrected chi connectivity index (χ4v) is 2.96. The summed E-state index contributed by atoms with van der Waals surface area (Å²) in [5, 5.41) is 22.1. The molecular formula is C14H17N3O2. The average molecular weight is 259 g/mol. The van der Waals surface area contributed by atoms with Gasteiger partial charge in [-0.3, -0.25) is 4.98 Å². The fourth-order valence-electron chi connectivity index (χ4n) is 2.96. The Labute approximate surface area is 111 Å². The number of nitrogens with one attached hydrogen (secondary N) is 1. The molecule has 0 aliphatic heterocycles. The maximum Gasteiger partial charge on any atom is 0.178 e. The minimum atomic E-state index is -1.56. The molecule has 1 aliphatic rings. The molecule has 0 spiro atoms. The molecule has 0 radical (unpaired) electrons. The topological polar surface area (TPSA) is 82.0 Å². The molecule has 0 saturated heterocycles. The van der Waals surface area contributed by atoms with Crippen molar-refractivity contribution in [1.29, 1.82) is 0 Å². The monoisotopic (exact) mass is 259 g/mol. The number of nitrogens with zero attached hydrogens (tertiary/aromatic N) is 2. The molecule has 1 saturated carbocycles. The molecule has 2 heterocycles. The van der Waals surface area contributed by atoms with Crippen LogP contribution in [0.25, 0.3) is 0 Å². The van der Waals surface area contributed by atoms with Crippen molar-refractivity contribution in [2.24, 2.45) is 0 Å². The van der Waals surface area contributed by atoms with Crippen molar-refractivity contribution in [2.75, 3.05) is 0 Å². The van der Waals surface area contributed by atoms with Crippen LogP contribution in [0.15, 0.2) is 36.9 Å². The van der Waals surface area contributed by atoms with Crippen LogP contribution in [0, 0.1) is 0 Å².